The van der Waals surface area contributed by atoms with Gasteiger partial charge in [0.05, 0.1) is 28.1 Å². The molecule has 0 heterocycles. The fraction of sp³-hybridized carbons (Fsp3) is 0.333. The van der Waals surface area contributed by atoms with Crippen molar-refractivity contribution in [2.75, 3.05) is 16.3 Å². The first-order valence-electron chi connectivity index (χ1n) is 9.71. The zero-order valence-electron chi connectivity index (χ0n) is 16.6. The SMILES string of the molecule is CS(=O)(=O)Nc1ccc(C(=O)Nc2ccccc2C(=O)NC2CCCCC2)c(Cl)c1. The number of sulfonamides is 1. The maximum atomic E-state index is 12.7. The van der Waals surface area contributed by atoms with Gasteiger partial charge in [-0.1, -0.05) is 43.0 Å². The maximum Gasteiger partial charge on any atom is 0.257 e. The number of carbonyl (C=O) groups excluding carboxylic acids is 2. The van der Waals surface area contributed by atoms with Crippen LogP contribution < -0.4 is 15.4 Å². The zero-order valence-corrected chi connectivity index (χ0v) is 18.1. The van der Waals surface area contributed by atoms with E-state index in [1.807, 2.05) is 0 Å². The van der Waals surface area contributed by atoms with Crippen LogP contribution in [-0.4, -0.2) is 32.5 Å². The van der Waals surface area contributed by atoms with Gasteiger partial charge in [-0.15, -0.1) is 0 Å². The molecule has 160 valence electrons. The standard InChI is InChI=1S/C21H24ClN3O4S/c1-30(28,29)25-15-11-12-16(18(22)13-15)20(26)24-19-10-6-5-9-17(19)21(27)23-14-7-3-2-4-8-14/h5-6,9-14,25H,2-4,7-8H2,1H3,(H,23,27)(H,24,26). The van der Waals surface area contributed by atoms with Crippen molar-refractivity contribution < 1.29 is 18.0 Å². The summed E-state index contributed by atoms with van der Waals surface area (Å²) in [6, 6.07) is 11.2. The Morgan fingerprint density at radius 1 is 0.967 bits per heavy atom. The fourth-order valence-corrected chi connectivity index (χ4v) is 4.29. The van der Waals surface area contributed by atoms with Crippen LogP contribution in [0, 0.1) is 0 Å². The van der Waals surface area contributed by atoms with E-state index in [0.29, 0.717) is 11.3 Å². The first kappa shape index (κ1) is 22.1. The lowest BCUT2D eigenvalue weighted by atomic mass is 9.95. The van der Waals surface area contributed by atoms with Gasteiger partial charge in [0.25, 0.3) is 11.8 Å². The number of anilines is 2. The summed E-state index contributed by atoms with van der Waals surface area (Å²) in [4.78, 5) is 25.5. The smallest absolute Gasteiger partial charge is 0.257 e. The summed E-state index contributed by atoms with van der Waals surface area (Å²) >= 11 is 6.18. The van der Waals surface area contributed by atoms with Gasteiger partial charge in [0.2, 0.25) is 10.0 Å². The molecule has 9 heteroatoms. The lowest BCUT2D eigenvalue weighted by Crippen LogP contribution is -2.36. The number of benzene rings is 2. The summed E-state index contributed by atoms with van der Waals surface area (Å²) in [5, 5.41) is 5.87. The normalized spacial score (nSPS) is 14.7. The number of rotatable bonds is 6. The monoisotopic (exact) mass is 449 g/mol. The van der Waals surface area contributed by atoms with Crippen molar-refractivity contribution in [1.82, 2.24) is 5.32 Å². The average Bonchev–Trinajstić information content (AvgIpc) is 2.68. The Balaban J connectivity index is 1.75. The zero-order chi connectivity index (χ0) is 21.7. The second-order valence-corrected chi connectivity index (χ2v) is 9.53. The van der Waals surface area contributed by atoms with Crippen LogP contribution in [0.1, 0.15) is 52.8 Å². The van der Waals surface area contributed by atoms with Crippen molar-refractivity contribution in [3.05, 3.63) is 58.6 Å². The molecular formula is C21H24ClN3O4S. The molecule has 0 aliphatic heterocycles. The molecule has 1 aliphatic carbocycles. The van der Waals surface area contributed by atoms with Crippen LogP contribution in [0.25, 0.3) is 0 Å². The van der Waals surface area contributed by atoms with E-state index >= 15 is 0 Å². The van der Waals surface area contributed by atoms with Gasteiger partial charge in [0.1, 0.15) is 0 Å². The van der Waals surface area contributed by atoms with Gasteiger partial charge in [-0.3, -0.25) is 14.3 Å². The van der Waals surface area contributed by atoms with Crippen LogP contribution in [0.2, 0.25) is 5.02 Å². The van der Waals surface area contributed by atoms with Gasteiger partial charge in [0.15, 0.2) is 0 Å². The predicted octanol–water partition coefficient (Wildman–Crippen LogP) is 4.03. The molecule has 1 aliphatic rings. The highest BCUT2D eigenvalue weighted by Gasteiger charge is 2.20. The van der Waals surface area contributed by atoms with Gasteiger partial charge in [-0.05, 0) is 43.2 Å². The second kappa shape index (κ2) is 9.49. The van der Waals surface area contributed by atoms with Gasteiger partial charge in [-0.2, -0.15) is 0 Å². The van der Waals surface area contributed by atoms with Crippen LogP contribution in [0.4, 0.5) is 11.4 Å². The first-order valence-corrected chi connectivity index (χ1v) is 12.0. The van der Waals surface area contributed by atoms with E-state index in [1.54, 1.807) is 24.3 Å². The molecule has 0 spiro atoms. The molecule has 0 unspecified atom stereocenters. The first-order chi connectivity index (χ1) is 14.2. The Morgan fingerprint density at radius 2 is 1.67 bits per heavy atom. The van der Waals surface area contributed by atoms with E-state index < -0.39 is 15.9 Å². The lowest BCUT2D eigenvalue weighted by Gasteiger charge is -2.23. The molecule has 0 aromatic heterocycles. The predicted molar refractivity (Wildman–Crippen MR) is 119 cm³/mol. The third kappa shape index (κ3) is 5.96. The number of halogens is 1. The van der Waals surface area contributed by atoms with Crippen LogP contribution in [-0.2, 0) is 10.0 Å². The topological polar surface area (TPSA) is 104 Å². The Kier molecular flexibility index (Phi) is 6.99. The summed E-state index contributed by atoms with van der Waals surface area (Å²) in [6.07, 6.45) is 6.35. The summed E-state index contributed by atoms with van der Waals surface area (Å²) in [7, 11) is -3.46. The minimum absolute atomic E-state index is 0.0882. The third-order valence-corrected chi connectivity index (χ3v) is 5.80. The van der Waals surface area contributed by atoms with Gasteiger partial charge in [0, 0.05) is 11.7 Å². The second-order valence-electron chi connectivity index (χ2n) is 7.38. The molecule has 2 aromatic rings. The van der Waals surface area contributed by atoms with Crippen LogP contribution in [0.3, 0.4) is 0 Å². The number of para-hydroxylation sites is 1. The molecule has 1 saturated carbocycles. The minimum atomic E-state index is -3.46. The largest absolute Gasteiger partial charge is 0.349 e. The highest BCUT2D eigenvalue weighted by atomic mass is 35.5. The average molecular weight is 450 g/mol. The molecule has 3 N–H and O–H groups in total. The molecule has 3 rings (SSSR count). The summed E-state index contributed by atoms with van der Waals surface area (Å²) in [5.41, 5.74) is 1.18. The third-order valence-electron chi connectivity index (χ3n) is 4.88. The summed E-state index contributed by atoms with van der Waals surface area (Å²) < 4.78 is 25.0. The Labute approximate surface area is 181 Å². The van der Waals surface area contributed by atoms with E-state index in [1.165, 1.54) is 24.6 Å². The van der Waals surface area contributed by atoms with E-state index in [0.717, 1.165) is 31.9 Å². The molecule has 0 radical (unpaired) electrons. The van der Waals surface area contributed by atoms with Crippen molar-refractivity contribution >= 4 is 44.8 Å². The molecule has 0 saturated heterocycles. The minimum Gasteiger partial charge on any atom is -0.349 e. The number of hydrogen-bond acceptors (Lipinski definition) is 4. The van der Waals surface area contributed by atoms with Crippen molar-refractivity contribution in [1.29, 1.82) is 0 Å². The number of hydrogen-bond donors (Lipinski definition) is 3. The highest BCUT2D eigenvalue weighted by Crippen LogP contribution is 2.24. The molecule has 2 aromatic carbocycles. The van der Waals surface area contributed by atoms with E-state index in [9.17, 15) is 18.0 Å². The van der Waals surface area contributed by atoms with Gasteiger partial charge >= 0.3 is 0 Å². The Bertz CT molecular complexity index is 1050. The van der Waals surface area contributed by atoms with Crippen molar-refractivity contribution in [2.24, 2.45) is 0 Å². The number of carbonyl (C=O) groups is 2. The highest BCUT2D eigenvalue weighted by molar-refractivity contribution is 7.92. The van der Waals surface area contributed by atoms with Gasteiger partial charge < -0.3 is 10.6 Å². The van der Waals surface area contributed by atoms with Crippen molar-refractivity contribution in [2.45, 2.75) is 38.1 Å². The van der Waals surface area contributed by atoms with Crippen molar-refractivity contribution in [3.63, 3.8) is 0 Å². The van der Waals surface area contributed by atoms with E-state index in [4.69, 9.17) is 11.6 Å². The molecule has 7 nitrogen and oxygen atoms in total. The quantitative estimate of drug-likeness (QED) is 0.619. The summed E-state index contributed by atoms with van der Waals surface area (Å²) in [5.74, 6) is -0.722. The number of amides is 2. The molecule has 2 amide bonds. The molecule has 0 bridgehead atoms. The van der Waals surface area contributed by atoms with Gasteiger partial charge in [-0.25, -0.2) is 8.42 Å². The maximum absolute atomic E-state index is 12.7. The van der Waals surface area contributed by atoms with E-state index in [-0.39, 0.29) is 28.2 Å². The Morgan fingerprint density at radius 3 is 2.33 bits per heavy atom. The number of nitrogens with one attached hydrogen (secondary N) is 3. The van der Waals surface area contributed by atoms with Crippen LogP contribution in [0.15, 0.2) is 42.5 Å². The van der Waals surface area contributed by atoms with Crippen molar-refractivity contribution in [3.8, 4) is 0 Å². The molecule has 1 fully saturated rings. The fourth-order valence-electron chi connectivity index (χ4n) is 3.47. The molecular weight excluding hydrogens is 426 g/mol. The summed E-state index contributed by atoms with van der Waals surface area (Å²) in [6.45, 7) is 0. The molecule has 30 heavy (non-hydrogen) atoms. The van der Waals surface area contributed by atoms with Crippen LogP contribution >= 0.6 is 11.6 Å². The van der Waals surface area contributed by atoms with Crippen LogP contribution in [0.5, 0.6) is 0 Å². The van der Waals surface area contributed by atoms with E-state index in [2.05, 4.69) is 15.4 Å². The lowest BCUT2D eigenvalue weighted by molar-refractivity contribution is 0.0928. The molecule has 0 atom stereocenters. The Hall–Kier alpha value is -2.58.